The third-order valence-corrected chi connectivity index (χ3v) is 5.17. The number of hydrogen-bond donors (Lipinski definition) is 1. The van der Waals surface area contributed by atoms with Gasteiger partial charge in [-0.2, -0.15) is 26.3 Å². The van der Waals surface area contributed by atoms with Crippen LogP contribution in [0.25, 0.3) is 0 Å². The van der Waals surface area contributed by atoms with Gasteiger partial charge in [0.25, 0.3) is 0 Å². The first-order chi connectivity index (χ1) is 14.1. The highest BCUT2D eigenvalue weighted by Gasteiger charge is 2.37. The van der Waals surface area contributed by atoms with Crippen molar-refractivity contribution in [1.82, 2.24) is 10.2 Å². The number of nitrogens with one attached hydrogen (secondary N) is 1. The summed E-state index contributed by atoms with van der Waals surface area (Å²) in [5.74, 6) is -0.496. The fraction of sp³-hybridized carbons (Fsp3) is 0.400. The molecular weight excluding hydrogens is 434 g/mol. The van der Waals surface area contributed by atoms with Crippen molar-refractivity contribution in [2.75, 3.05) is 32.8 Å². The molecule has 30 heavy (non-hydrogen) atoms. The quantitative estimate of drug-likeness (QED) is 0.614. The van der Waals surface area contributed by atoms with Gasteiger partial charge in [-0.25, -0.2) is 0 Å². The number of piperazine rings is 1. The zero-order valence-corrected chi connectivity index (χ0v) is 16.4. The van der Waals surface area contributed by atoms with Crippen LogP contribution in [0.2, 0.25) is 5.02 Å². The van der Waals surface area contributed by atoms with Crippen molar-refractivity contribution in [3.8, 4) is 5.75 Å². The maximum atomic E-state index is 13.1. The van der Waals surface area contributed by atoms with Gasteiger partial charge in [-0.1, -0.05) is 29.8 Å². The third-order valence-electron chi connectivity index (χ3n) is 4.83. The molecule has 0 saturated carbocycles. The molecule has 2 aromatic rings. The number of hydrogen-bond acceptors (Lipinski definition) is 3. The van der Waals surface area contributed by atoms with Crippen LogP contribution in [0.5, 0.6) is 5.75 Å². The molecule has 1 aliphatic rings. The molecule has 0 aliphatic carbocycles. The zero-order chi connectivity index (χ0) is 21.9. The van der Waals surface area contributed by atoms with Crippen LogP contribution in [-0.4, -0.2) is 37.7 Å². The van der Waals surface area contributed by atoms with E-state index in [0.29, 0.717) is 48.9 Å². The zero-order valence-electron chi connectivity index (χ0n) is 15.7. The molecule has 1 unspecified atom stereocenters. The van der Waals surface area contributed by atoms with Crippen molar-refractivity contribution in [2.45, 2.75) is 18.4 Å². The average molecular weight is 453 g/mol. The molecule has 0 spiro atoms. The Kier molecular flexibility index (Phi) is 6.84. The lowest BCUT2D eigenvalue weighted by Crippen LogP contribution is -2.46. The van der Waals surface area contributed by atoms with Crippen LogP contribution in [0.3, 0.4) is 0 Å². The van der Waals surface area contributed by atoms with Crippen LogP contribution in [0.4, 0.5) is 26.3 Å². The average Bonchev–Trinajstić information content (AvgIpc) is 2.69. The predicted molar refractivity (Wildman–Crippen MR) is 101 cm³/mol. The van der Waals surface area contributed by atoms with Crippen molar-refractivity contribution in [3.05, 3.63) is 64.2 Å². The topological polar surface area (TPSA) is 24.5 Å². The van der Waals surface area contributed by atoms with E-state index in [1.165, 1.54) is 0 Å². The number of rotatable bonds is 5. The Labute approximate surface area is 174 Å². The largest absolute Gasteiger partial charge is 0.492 e. The summed E-state index contributed by atoms with van der Waals surface area (Å²) in [5, 5.41) is 3.64. The van der Waals surface area contributed by atoms with Crippen molar-refractivity contribution < 1.29 is 31.1 Å². The summed E-state index contributed by atoms with van der Waals surface area (Å²) in [6, 6.07) is 7.77. The number of nitrogens with zero attached hydrogens (tertiary/aromatic N) is 1. The van der Waals surface area contributed by atoms with E-state index in [4.69, 9.17) is 16.3 Å². The fourth-order valence-corrected chi connectivity index (χ4v) is 3.58. The molecule has 10 heteroatoms. The smallest absolute Gasteiger partial charge is 0.416 e. The van der Waals surface area contributed by atoms with Gasteiger partial charge in [-0.15, -0.1) is 0 Å². The van der Waals surface area contributed by atoms with Crippen LogP contribution >= 0.6 is 11.6 Å². The van der Waals surface area contributed by atoms with Crippen LogP contribution < -0.4 is 10.1 Å². The molecule has 0 amide bonds. The second-order valence-electron chi connectivity index (χ2n) is 6.88. The predicted octanol–water partition coefficient (Wildman–Crippen LogP) is 5.40. The number of ether oxygens (including phenoxy) is 1. The number of halogens is 7. The lowest BCUT2D eigenvalue weighted by atomic mass is 10.0. The molecule has 1 saturated heterocycles. The molecule has 2 aromatic carbocycles. The first kappa shape index (κ1) is 22.7. The van der Waals surface area contributed by atoms with E-state index in [-0.39, 0.29) is 12.7 Å². The van der Waals surface area contributed by atoms with Gasteiger partial charge in [0.05, 0.1) is 17.2 Å². The lowest BCUT2D eigenvalue weighted by Gasteiger charge is -2.35. The SMILES string of the molecule is FC(F)(F)c1cc(OCC(c2ccccc2Cl)N2CCNCC2)cc(C(F)(F)F)c1. The summed E-state index contributed by atoms with van der Waals surface area (Å²) < 4.78 is 84.0. The Balaban J connectivity index is 1.90. The number of alkyl halides is 6. The van der Waals surface area contributed by atoms with Gasteiger partial charge in [0, 0.05) is 31.2 Å². The first-order valence-corrected chi connectivity index (χ1v) is 9.55. The van der Waals surface area contributed by atoms with Crippen LogP contribution in [0.1, 0.15) is 22.7 Å². The third kappa shape index (κ3) is 5.59. The van der Waals surface area contributed by atoms with E-state index in [9.17, 15) is 26.3 Å². The molecule has 1 fully saturated rings. The first-order valence-electron chi connectivity index (χ1n) is 9.17. The molecule has 1 aliphatic heterocycles. The van der Waals surface area contributed by atoms with E-state index >= 15 is 0 Å². The van der Waals surface area contributed by atoms with Gasteiger partial charge < -0.3 is 10.1 Å². The Hall–Kier alpha value is -1.97. The highest BCUT2D eigenvalue weighted by Crippen LogP contribution is 2.38. The summed E-state index contributed by atoms with van der Waals surface area (Å²) in [7, 11) is 0. The van der Waals surface area contributed by atoms with E-state index < -0.39 is 35.3 Å². The van der Waals surface area contributed by atoms with Crippen LogP contribution in [0.15, 0.2) is 42.5 Å². The lowest BCUT2D eigenvalue weighted by molar-refractivity contribution is -0.143. The monoisotopic (exact) mass is 452 g/mol. The molecule has 0 radical (unpaired) electrons. The molecule has 3 rings (SSSR count). The standard InChI is InChI=1S/C20H19ClF6N2O/c21-17-4-2-1-3-16(17)18(29-7-5-28-6-8-29)12-30-15-10-13(19(22,23)24)9-14(11-15)20(25,26)27/h1-4,9-11,18,28H,5-8,12H2. The maximum Gasteiger partial charge on any atom is 0.416 e. The highest BCUT2D eigenvalue weighted by molar-refractivity contribution is 6.31. The molecule has 164 valence electrons. The minimum Gasteiger partial charge on any atom is -0.492 e. The van der Waals surface area contributed by atoms with Gasteiger partial charge in [0.1, 0.15) is 12.4 Å². The molecular formula is C20H19ClF6N2O. The van der Waals surface area contributed by atoms with Crippen molar-refractivity contribution in [2.24, 2.45) is 0 Å². The summed E-state index contributed by atoms with van der Waals surface area (Å²) in [5.41, 5.74) is -2.13. The Morgan fingerprint density at radius 1 is 0.933 bits per heavy atom. The van der Waals surface area contributed by atoms with Gasteiger partial charge in [-0.3, -0.25) is 4.90 Å². The van der Waals surface area contributed by atoms with Crippen molar-refractivity contribution >= 4 is 11.6 Å². The van der Waals surface area contributed by atoms with E-state index in [0.717, 1.165) is 0 Å². The normalized spacial score (nSPS) is 17.0. The van der Waals surface area contributed by atoms with Gasteiger partial charge in [0.15, 0.2) is 0 Å². The fourth-order valence-electron chi connectivity index (χ4n) is 3.32. The summed E-state index contributed by atoms with van der Waals surface area (Å²) in [6.07, 6.45) is -9.86. The second-order valence-corrected chi connectivity index (χ2v) is 7.28. The van der Waals surface area contributed by atoms with Gasteiger partial charge >= 0.3 is 12.4 Å². The van der Waals surface area contributed by atoms with Crippen molar-refractivity contribution in [3.63, 3.8) is 0 Å². The Morgan fingerprint density at radius 3 is 2.03 bits per heavy atom. The maximum absolute atomic E-state index is 13.1. The van der Waals surface area contributed by atoms with Gasteiger partial charge in [-0.05, 0) is 29.8 Å². The molecule has 0 bridgehead atoms. The Bertz CT molecular complexity index is 833. The van der Waals surface area contributed by atoms with Gasteiger partial charge in [0.2, 0.25) is 0 Å². The van der Waals surface area contributed by atoms with E-state index in [1.807, 2.05) is 4.90 Å². The molecule has 1 atom stereocenters. The van der Waals surface area contributed by atoms with Crippen molar-refractivity contribution in [1.29, 1.82) is 0 Å². The summed E-state index contributed by atoms with van der Waals surface area (Å²) in [4.78, 5) is 2.04. The van der Waals surface area contributed by atoms with Crippen LogP contribution in [0, 0.1) is 0 Å². The molecule has 3 nitrogen and oxygen atoms in total. The van der Waals surface area contributed by atoms with Crippen LogP contribution in [-0.2, 0) is 12.4 Å². The Morgan fingerprint density at radius 2 is 1.50 bits per heavy atom. The molecule has 1 N–H and O–H groups in total. The molecule has 1 heterocycles. The second kappa shape index (κ2) is 9.03. The van der Waals surface area contributed by atoms with E-state index in [2.05, 4.69) is 5.32 Å². The minimum absolute atomic E-state index is 0.0781. The summed E-state index contributed by atoms with van der Waals surface area (Å²) >= 11 is 6.29. The minimum atomic E-state index is -4.93. The molecule has 0 aromatic heterocycles. The highest BCUT2D eigenvalue weighted by atomic mass is 35.5. The van der Waals surface area contributed by atoms with E-state index in [1.54, 1.807) is 24.3 Å². The summed E-state index contributed by atoms with van der Waals surface area (Å²) in [6.45, 7) is 2.51. The number of benzene rings is 2.